The van der Waals surface area contributed by atoms with Crippen molar-refractivity contribution < 1.29 is 9.53 Å². The van der Waals surface area contributed by atoms with Crippen LogP contribution in [0.1, 0.15) is 37.0 Å². The second-order valence-electron chi connectivity index (χ2n) is 3.62. The molecule has 1 aromatic rings. The highest BCUT2D eigenvalue weighted by atomic mass is 16.5. The van der Waals surface area contributed by atoms with Crippen LogP contribution in [-0.2, 0) is 4.74 Å². The molecular formula is C14H18O2. The van der Waals surface area contributed by atoms with Crippen LogP contribution in [-0.4, -0.2) is 12.1 Å². The van der Waals surface area contributed by atoms with Gasteiger partial charge in [0.2, 0.25) is 0 Å². The molecule has 1 aromatic carbocycles. The van der Waals surface area contributed by atoms with Crippen LogP contribution in [0.25, 0.3) is 0 Å². The number of benzene rings is 1. The average Bonchev–Trinajstić information content (AvgIpc) is 2.31. The van der Waals surface area contributed by atoms with Crippen LogP contribution in [0.3, 0.4) is 0 Å². The molecule has 1 atom stereocenters. The fourth-order valence-corrected chi connectivity index (χ4v) is 1.47. The highest BCUT2D eigenvalue weighted by Gasteiger charge is 2.11. The molecule has 0 aromatic heterocycles. The Bertz CT molecular complexity index is 341. The maximum Gasteiger partial charge on any atom is 0.338 e. The predicted octanol–water partition coefficient (Wildman–Crippen LogP) is 3.59. The van der Waals surface area contributed by atoms with Crippen molar-refractivity contribution in [2.45, 2.75) is 32.8 Å². The molecule has 1 rings (SSSR count). The van der Waals surface area contributed by atoms with E-state index in [1.165, 1.54) is 0 Å². The lowest BCUT2D eigenvalue weighted by atomic mass is 10.2. The van der Waals surface area contributed by atoms with Gasteiger partial charge >= 0.3 is 5.97 Å². The van der Waals surface area contributed by atoms with E-state index < -0.39 is 0 Å². The van der Waals surface area contributed by atoms with Gasteiger partial charge in [-0.25, -0.2) is 4.79 Å². The van der Waals surface area contributed by atoms with Crippen LogP contribution in [0.5, 0.6) is 0 Å². The van der Waals surface area contributed by atoms with Crippen molar-refractivity contribution in [2.75, 3.05) is 0 Å². The number of carbonyl (C=O) groups excluding carboxylic acids is 1. The van der Waals surface area contributed by atoms with Gasteiger partial charge in [-0.05, 0) is 31.6 Å². The molecule has 0 spiro atoms. The van der Waals surface area contributed by atoms with Crippen LogP contribution < -0.4 is 0 Å². The van der Waals surface area contributed by atoms with E-state index in [0.717, 1.165) is 12.8 Å². The second kappa shape index (κ2) is 6.83. The number of esters is 1. The van der Waals surface area contributed by atoms with Crippen molar-refractivity contribution >= 4 is 5.97 Å². The third-order valence-electron chi connectivity index (χ3n) is 2.25. The fourth-order valence-electron chi connectivity index (χ4n) is 1.47. The first-order valence-corrected chi connectivity index (χ1v) is 5.66. The number of carbonyl (C=O) groups is 1. The number of rotatable bonds is 5. The standard InChI is InChI=1S/C14H18O2/c1-3-8-13(9-4-2)16-14(15)12-10-6-5-7-11-12/h3,5-8,10-11,13H,4,9H2,1-2H3/b8-3+/t13-/m1/s1. The summed E-state index contributed by atoms with van der Waals surface area (Å²) in [6.45, 7) is 4.01. The smallest absolute Gasteiger partial charge is 0.338 e. The molecule has 2 heteroatoms. The molecule has 0 N–H and O–H groups in total. The van der Waals surface area contributed by atoms with Crippen LogP contribution in [0.15, 0.2) is 42.5 Å². The summed E-state index contributed by atoms with van der Waals surface area (Å²) in [5, 5.41) is 0. The largest absolute Gasteiger partial charge is 0.455 e. The lowest BCUT2D eigenvalue weighted by Gasteiger charge is -2.13. The molecule has 0 heterocycles. The summed E-state index contributed by atoms with van der Waals surface area (Å²) >= 11 is 0. The second-order valence-corrected chi connectivity index (χ2v) is 3.62. The Morgan fingerprint density at radius 3 is 2.62 bits per heavy atom. The van der Waals surface area contributed by atoms with Gasteiger partial charge in [0.05, 0.1) is 5.56 Å². The van der Waals surface area contributed by atoms with Gasteiger partial charge in [0.25, 0.3) is 0 Å². The van der Waals surface area contributed by atoms with Crippen molar-refractivity contribution in [2.24, 2.45) is 0 Å². The van der Waals surface area contributed by atoms with E-state index in [1.54, 1.807) is 12.1 Å². The molecule has 0 fully saturated rings. The summed E-state index contributed by atoms with van der Waals surface area (Å²) in [6, 6.07) is 9.08. The number of ether oxygens (including phenoxy) is 1. The molecule has 16 heavy (non-hydrogen) atoms. The van der Waals surface area contributed by atoms with Crippen LogP contribution >= 0.6 is 0 Å². The Morgan fingerprint density at radius 1 is 1.38 bits per heavy atom. The van der Waals surface area contributed by atoms with Crippen LogP contribution in [0, 0.1) is 0 Å². The summed E-state index contributed by atoms with van der Waals surface area (Å²) in [7, 11) is 0. The summed E-state index contributed by atoms with van der Waals surface area (Å²) in [5.74, 6) is -0.253. The van der Waals surface area contributed by atoms with E-state index in [4.69, 9.17) is 4.74 Å². The lowest BCUT2D eigenvalue weighted by molar-refractivity contribution is 0.0379. The highest BCUT2D eigenvalue weighted by molar-refractivity contribution is 5.89. The fraction of sp³-hybridized carbons (Fsp3) is 0.357. The van der Waals surface area contributed by atoms with E-state index in [2.05, 4.69) is 6.92 Å². The summed E-state index contributed by atoms with van der Waals surface area (Å²) in [6.07, 6.45) is 5.59. The molecule has 0 saturated carbocycles. The molecule has 0 unspecified atom stereocenters. The molecule has 0 bridgehead atoms. The van der Waals surface area contributed by atoms with E-state index >= 15 is 0 Å². The zero-order chi connectivity index (χ0) is 11.8. The highest BCUT2D eigenvalue weighted by Crippen LogP contribution is 2.09. The SMILES string of the molecule is C/C=C/[C@H](CCC)OC(=O)c1ccccc1. The molecule has 0 amide bonds. The van der Waals surface area contributed by atoms with E-state index in [9.17, 15) is 4.79 Å². The molecule has 0 aliphatic carbocycles. The third-order valence-corrected chi connectivity index (χ3v) is 2.25. The Morgan fingerprint density at radius 2 is 2.06 bits per heavy atom. The average molecular weight is 218 g/mol. The van der Waals surface area contributed by atoms with Gasteiger partial charge in [0, 0.05) is 0 Å². The maximum absolute atomic E-state index is 11.7. The van der Waals surface area contributed by atoms with Crippen molar-refractivity contribution in [3.8, 4) is 0 Å². The van der Waals surface area contributed by atoms with Gasteiger partial charge in [0.15, 0.2) is 0 Å². The van der Waals surface area contributed by atoms with Crippen molar-refractivity contribution in [3.05, 3.63) is 48.0 Å². The Balaban J connectivity index is 2.61. The van der Waals surface area contributed by atoms with Crippen molar-refractivity contribution in [1.82, 2.24) is 0 Å². The van der Waals surface area contributed by atoms with Gasteiger partial charge in [-0.2, -0.15) is 0 Å². The molecular weight excluding hydrogens is 200 g/mol. The van der Waals surface area contributed by atoms with Crippen molar-refractivity contribution in [1.29, 1.82) is 0 Å². The minimum absolute atomic E-state index is 0.109. The first kappa shape index (κ1) is 12.5. The maximum atomic E-state index is 11.7. The summed E-state index contributed by atoms with van der Waals surface area (Å²) in [5.41, 5.74) is 0.605. The third kappa shape index (κ3) is 3.89. The molecule has 0 aliphatic rings. The number of hydrogen-bond donors (Lipinski definition) is 0. The zero-order valence-electron chi connectivity index (χ0n) is 9.85. The van der Waals surface area contributed by atoms with Gasteiger partial charge in [-0.1, -0.05) is 37.6 Å². The van der Waals surface area contributed by atoms with E-state index in [-0.39, 0.29) is 12.1 Å². The molecule has 86 valence electrons. The molecule has 0 saturated heterocycles. The monoisotopic (exact) mass is 218 g/mol. The van der Waals surface area contributed by atoms with Crippen LogP contribution in [0.4, 0.5) is 0 Å². The van der Waals surface area contributed by atoms with Gasteiger partial charge in [-0.15, -0.1) is 0 Å². The van der Waals surface area contributed by atoms with Crippen molar-refractivity contribution in [3.63, 3.8) is 0 Å². The van der Waals surface area contributed by atoms with Gasteiger partial charge < -0.3 is 4.74 Å². The molecule has 2 nitrogen and oxygen atoms in total. The Kier molecular flexibility index (Phi) is 5.34. The van der Waals surface area contributed by atoms with Gasteiger partial charge in [-0.3, -0.25) is 0 Å². The van der Waals surface area contributed by atoms with E-state index in [0.29, 0.717) is 5.56 Å². The minimum atomic E-state index is -0.253. The molecule has 0 aliphatic heterocycles. The minimum Gasteiger partial charge on any atom is -0.455 e. The predicted molar refractivity (Wildman–Crippen MR) is 65.4 cm³/mol. The van der Waals surface area contributed by atoms with Crippen LogP contribution in [0.2, 0.25) is 0 Å². The van der Waals surface area contributed by atoms with Gasteiger partial charge in [0.1, 0.15) is 6.10 Å². The topological polar surface area (TPSA) is 26.3 Å². The Labute approximate surface area is 96.9 Å². The summed E-state index contributed by atoms with van der Waals surface area (Å²) in [4.78, 5) is 11.7. The first-order chi connectivity index (χ1) is 7.77. The molecule has 0 radical (unpaired) electrons. The Hall–Kier alpha value is -1.57. The number of allylic oxidation sites excluding steroid dienone is 1. The first-order valence-electron chi connectivity index (χ1n) is 5.66. The summed E-state index contributed by atoms with van der Waals surface area (Å²) < 4.78 is 5.39. The normalized spacial score (nSPS) is 12.6. The van der Waals surface area contributed by atoms with E-state index in [1.807, 2.05) is 37.3 Å². The zero-order valence-corrected chi connectivity index (χ0v) is 9.85. The quantitative estimate of drug-likeness (QED) is 0.557. The number of hydrogen-bond acceptors (Lipinski definition) is 2. The lowest BCUT2D eigenvalue weighted by Crippen LogP contribution is -2.15.